The Hall–Kier alpha value is -3.23. The quantitative estimate of drug-likeness (QED) is 0.673. The third-order valence-corrected chi connectivity index (χ3v) is 7.30. The summed E-state index contributed by atoms with van der Waals surface area (Å²) in [7, 11) is 2.99. The molecule has 0 atom stereocenters. The van der Waals surface area contributed by atoms with Crippen LogP contribution < -0.4 is 11.2 Å². The predicted octanol–water partition coefficient (Wildman–Crippen LogP) is 2.37. The molecule has 2 aromatic heterocycles. The van der Waals surface area contributed by atoms with E-state index < -0.39 is 17.2 Å². The molecule has 9 heteroatoms. The van der Waals surface area contributed by atoms with Crippen molar-refractivity contribution in [2.45, 2.75) is 59.9 Å². The van der Waals surface area contributed by atoms with Crippen LogP contribution >= 0.6 is 0 Å². The predicted molar refractivity (Wildman–Crippen MR) is 125 cm³/mol. The Morgan fingerprint density at radius 3 is 1.94 bits per heavy atom. The SMILES string of the molecule is Cn1c(=O)c2c(ncn2CC2C3=C(CC(C)(C)CC3=O)OC3=C2C(=O)CC(C)(C)C3)n(C)c1=O. The highest BCUT2D eigenvalue weighted by Crippen LogP contribution is 2.50. The molecule has 0 saturated heterocycles. The second-order valence-corrected chi connectivity index (χ2v) is 11.5. The third kappa shape index (κ3) is 3.32. The van der Waals surface area contributed by atoms with Gasteiger partial charge in [0.15, 0.2) is 22.7 Å². The minimum atomic E-state index is -0.523. The van der Waals surface area contributed by atoms with Crippen molar-refractivity contribution >= 4 is 22.7 Å². The number of fused-ring (bicyclic) bond motifs is 1. The summed E-state index contributed by atoms with van der Waals surface area (Å²) in [6.07, 6.45) is 3.47. The van der Waals surface area contributed by atoms with Crippen molar-refractivity contribution in [3.05, 3.63) is 49.8 Å². The molecular weight excluding hydrogens is 436 g/mol. The molecule has 0 amide bonds. The molecule has 0 bridgehead atoms. The number of hydrogen-bond donors (Lipinski definition) is 0. The van der Waals surface area contributed by atoms with Crippen molar-refractivity contribution in [1.82, 2.24) is 18.7 Å². The highest BCUT2D eigenvalue weighted by atomic mass is 16.5. The lowest BCUT2D eigenvalue weighted by Gasteiger charge is -2.42. The van der Waals surface area contributed by atoms with E-state index in [0.717, 1.165) is 4.57 Å². The number of Topliss-reactive ketones (excluding diaryl/α,β-unsaturated/α-hetero) is 2. The fourth-order valence-corrected chi connectivity index (χ4v) is 5.72. The van der Waals surface area contributed by atoms with E-state index in [0.29, 0.717) is 48.3 Å². The van der Waals surface area contributed by atoms with Gasteiger partial charge in [-0.15, -0.1) is 0 Å². The summed E-state index contributed by atoms with van der Waals surface area (Å²) in [4.78, 5) is 56.4. The van der Waals surface area contributed by atoms with Crippen LogP contribution in [0, 0.1) is 16.7 Å². The molecule has 34 heavy (non-hydrogen) atoms. The van der Waals surface area contributed by atoms with Crippen LogP contribution in [0.1, 0.15) is 53.4 Å². The minimum Gasteiger partial charge on any atom is -0.465 e. The van der Waals surface area contributed by atoms with E-state index >= 15 is 0 Å². The molecule has 0 aromatic carbocycles. The molecule has 9 nitrogen and oxygen atoms in total. The van der Waals surface area contributed by atoms with Crippen molar-refractivity contribution in [2.75, 3.05) is 0 Å². The van der Waals surface area contributed by atoms with Crippen LogP contribution in [0.2, 0.25) is 0 Å². The van der Waals surface area contributed by atoms with Gasteiger partial charge >= 0.3 is 5.69 Å². The van der Waals surface area contributed by atoms with Crippen molar-refractivity contribution in [3.8, 4) is 0 Å². The number of nitrogens with zero attached hydrogens (tertiary/aromatic N) is 4. The molecule has 180 valence electrons. The molecule has 0 unspecified atom stereocenters. The fraction of sp³-hybridized carbons (Fsp3) is 0.560. The first-order valence-corrected chi connectivity index (χ1v) is 11.6. The normalized spacial score (nSPS) is 22.2. The number of aromatic nitrogens is 4. The second kappa shape index (κ2) is 7.13. The standard InChI is InChI=1S/C25H30N4O5/c1-24(2)7-14(30)18-13(19-15(31)8-25(3,4)10-17(19)34-16(18)9-24)11-29-12-26-21-20(29)22(32)28(6)23(33)27(21)5/h12-13H,7-11H2,1-6H3. The highest BCUT2D eigenvalue weighted by Gasteiger charge is 2.47. The van der Waals surface area contributed by atoms with Gasteiger partial charge in [-0.2, -0.15) is 0 Å². The van der Waals surface area contributed by atoms with Gasteiger partial charge in [0, 0.05) is 63.4 Å². The Kier molecular flexibility index (Phi) is 4.73. The summed E-state index contributed by atoms with van der Waals surface area (Å²) in [5.41, 5.74) is 0.231. The molecule has 0 N–H and O–H groups in total. The molecule has 1 aliphatic heterocycles. The fourth-order valence-electron chi connectivity index (χ4n) is 5.72. The smallest absolute Gasteiger partial charge is 0.332 e. The van der Waals surface area contributed by atoms with Crippen LogP contribution in [0.5, 0.6) is 0 Å². The molecule has 0 fully saturated rings. The monoisotopic (exact) mass is 466 g/mol. The van der Waals surface area contributed by atoms with Crippen LogP contribution in [0.4, 0.5) is 0 Å². The van der Waals surface area contributed by atoms with E-state index in [1.807, 2.05) is 27.7 Å². The Morgan fingerprint density at radius 2 is 1.41 bits per heavy atom. The second-order valence-electron chi connectivity index (χ2n) is 11.5. The Labute approximate surface area is 196 Å². The molecule has 0 saturated carbocycles. The van der Waals surface area contributed by atoms with E-state index in [1.165, 1.54) is 17.9 Å². The van der Waals surface area contributed by atoms with Crippen LogP contribution in [-0.2, 0) is 35.0 Å². The molecule has 5 rings (SSSR count). The maximum Gasteiger partial charge on any atom is 0.332 e. The maximum absolute atomic E-state index is 13.4. The topological polar surface area (TPSA) is 105 Å². The summed E-state index contributed by atoms with van der Waals surface area (Å²) in [5.74, 6) is 0.709. The largest absolute Gasteiger partial charge is 0.465 e. The summed E-state index contributed by atoms with van der Waals surface area (Å²) in [5, 5.41) is 0. The van der Waals surface area contributed by atoms with Gasteiger partial charge in [-0.05, 0) is 10.8 Å². The number of aryl methyl sites for hydroxylation is 1. The molecular formula is C25H30N4O5. The number of hydrogen-bond acceptors (Lipinski definition) is 6. The van der Waals surface area contributed by atoms with Gasteiger partial charge in [0.2, 0.25) is 0 Å². The zero-order valence-electron chi connectivity index (χ0n) is 20.5. The van der Waals surface area contributed by atoms with Crippen molar-refractivity contribution < 1.29 is 14.3 Å². The highest BCUT2D eigenvalue weighted by molar-refractivity contribution is 6.04. The Balaban J connectivity index is 1.70. The van der Waals surface area contributed by atoms with Gasteiger partial charge in [0.05, 0.1) is 6.33 Å². The zero-order valence-corrected chi connectivity index (χ0v) is 20.5. The zero-order chi connectivity index (χ0) is 24.7. The van der Waals surface area contributed by atoms with Crippen LogP contribution in [0.15, 0.2) is 38.6 Å². The number of imidazole rings is 1. The van der Waals surface area contributed by atoms with Gasteiger partial charge in [-0.1, -0.05) is 27.7 Å². The number of ether oxygens (including phenoxy) is 1. The van der Waals surface area contributed by atoms with Crippen LogP contribution in [0.25, 0.3) is 11.2 Å². The molecule has 3 heterocycles. The summed E-state index contributed by atoms with van der Waals surface area (Å²) >= 11 is 0. The van der Waals surface area contributed by atoms with E-state index in [2.05, 4.69) is 4.98 Å². The van der Waals surface area contributed by atoms with Crippen LogP contribution in [-0.4, -0.2) is 30.3 Å². The first-order valence-electron chi connectivity index (χ1n) is 11.6. The van der Waals surface area contributed by atoms with Gasteiger partial charge in [0.1, 0.15) is 11.5 Å². The Morgan fingerprint density at radius 1 is 0.882 bits per heavy atom. The summed E-state index contributed by atoms with van der Waals surface area (Å²) < 4.78 is 10.3. The maximum atomic E-state index is 13.4. The van der Waals surface area contributed by atoms with Crippen molar-refractivity contribution in [3.63, 3.8) is 0 Å². The van der Waals surface area contributed by atoms with Crippen LogP contribution in [0.3, 0.4) is 0 Å². The molecule has 2 aromatic rings. The van der Waals surface area contributed by atoms with E-state index in [9.17, 15) is 19.2 Å². The average Bonchev–Trinajstić information content (AvgIpc) is 3.11. The van der Waals surface area contributed by atoms with Gasteiger partial charge in [-0.3, -0.25) is 23.5 Å². The lowest BCUT2D eigenvalue weighted by Crippen LogP contribution is -2.40. The first kappa shape index (κ1) is 22.6. The van der Waals surface area contributed by atoms with Crippen molar-refractivity contribution in [1.29, 1.82) is 0 Å². The number of rotatable bonds is 2. The number of carbonyl (C=O) groups is 2. The lowest BCUT2D eigenvalue weighted by molar-refractivity contribution is -0.121. The van der Waals surface area contributed by atoms with Gasteiger partial charge in [0.25, 0.3) is 5.56 Å². The summed E-state index contributed by atoms with van der Waals surface area (Å²) in [6, 6.07) is 0. The molecule has 2 aliphatic carbocycles. The molecule has 3 aliphatic rings. The minimum absolute atomic E-state index is 0.0230. The van der Waals surface area contributed by atoms with E-state index in [1.54, 1.807) is 11.6 Å². The van der Waals surface area contributed by atoms with E-state index in [4.69, 9.17) is 4.74 Å². The van der Waals surface area contributed by atoms with E-state index in [-0.39, 0.29) is 40.1 Å². The number of carbonyl (C=O) groups excluding carboxylic acids is 2. The summed E-state index contributed by atoms with van der Waals surface area (Å²) in [6.45, 7) is 8.37. The lowest BCUT2D eigenvalue weighted by atomic mass is 9.67. The third-order valence-electron chi connectivity index (χ3n) is 7.30. The molecule has 0 spiro atoms. The Bertz CT molecular complexity index is 1410. The first-order chi connectivity index (χ1) is 15.8. The number of allylic oxidation sites excluding steroid dienone is 4. The van der Waals surface area contributed by atoms with Gasteiger partial charge < -0.3 is 9.30 Å². The molecule has 0 radical (unpaired) electrons. The average molecular weight is 467 g/mol. The van der Waals surface area contributed by atoms with Crippen molar-refractivity contribution in [2.24, 2.45) is 30.8 Å². The van der Waals surface area contributed by atoms with Gasteiger partial charge in [-0.25, -0.2) is 9.78 Å². The number of ketones is 2.